The van der Waals surface area contributed by atoms with E-state index in [0.29, 0.717) is 0 Å². The third kappa shape index (κ3) is 4.70. The topological polar surface area (TPSA) is 14.8 Å². The molecule has 0 saturated heterocycles. The van der Waals surface area contributed by atoms with E-state index in [0.717, 1.165) is 5.69 Å². The van der Waals surface area contributed by atoms with Crippen molar-refractivity contribution in [2.45, 2.75) is 0 Å². The highest BCUT2D eigenvalue weighted by molar-refractivity contribution is 6.20. The fourth-order valence-electron chi connectivity index (χ4n) is 9.93. The molecule has 0 spiro atoms. The lowest BCUT2D eigenvalue weighted by atomic mass is 10.00. The Balaban J connectivity index is 1.10. The molecule has 0 saturated carbocycles. The molecule has 0 aliphatic rings. The Morgan fingerprint density at radius 3 is 1.47 bits per heavy atom. The molecule has 0 bridgehead atoms. The number of hydrogen-bond donors (Lipinski definition) is 0. The second-order valence-electron chi connectivity index (χ2n) is 15.8. The minimum atomic E-state index is 1.16. The minimum absolute atomic E-state index is 1.16. The zero-order chi connectivity index (χ0) is 38.6. The first kappa shape index (κ1) is 32.2. The summed E-state index contributed by atoms with van der Waals surface area (Å²) in [4.78, 5) is 0. The maximum atomic E-state index is 2.50. The molecule has 13 rings (SSSR count). The van der Waals surface area contributed by atoms with Gasteiger partial charge in [0.2, 0.25) is 0 Å². The van der Waals surface area contributed by atoms with Crippen molar-refractivity contribution in [1.29, 1.82) is 0 Å². The minimum Gasteiger partial charge on any atom is -0.309 e. The van der Waals surface area contributed by atoms with Gasteiger partial charge in [-0.25, -0.2) is 0 Å². The van der Waals surface area contributed by atoms with Crippen LogP contribution in [0.5, 0.6) is 0 Å². The molecule has 3 nitrogen and oxygen atoms in total. The predicted octanol–water partition coefficient (Wildman–Crippen LogP) is 15.0. The maximum Gasteiger partial charge on any atom is 0.0562 e. The van der Waals surface area contributed by atoms with Gasteiger partial charge in [-0.3, -0.25) is 0 Å². The molecule has 0 unspecified atom stereocenters. The van der Waals surface area contributed by atoms with Crippen LogP contribution in [-0.2, 0) is 0 Å². The second-order valence-corrected chi connectivity index (χ2v) is 15.8. The molecular formula is C56H35N3. The summed E-state index contributed by atoms with van der Waals surface area (Å²) in [6.45, 7) is 0. The number of rotatable bonds is 4. The summed E-state index contributed by atoms with van der Waals surface area (Å²) >= 11 is 0. The molecule has 274 valence electrons. The smallest absolute Gasteiger partial charge is 0.0562 e. The van der Waals surface area contributed by atoms with Crippen LogP contribution >= 0.6 is 0 Å². The molecule has 59 heavy (non-hydrogen) atoms. The lowest BCUT2D eigenvalue weighted by Gasteiger charge is -2.13. The Bertz CT molecular complexity index is 3840. The number of fused-ring (bicyclic) bond motifs is 11. The van der Waals surface area contributed by atoms with Gasteiger partial charge in [-0.05, 0) is 106 Å². The molecule has 0 radical (unpaired) electrons. The molecule has 10 aromatic carbocycles. The lowest BCUT2D eigenvalue weighted by Crippen LogP contribution is -1.97. The second kappa shape index (κ2) is 12.3. The number of aromatic nitrogens is 3. The van der Waals surface area contributed by atoms with E-state index in [4.69, 9.17) is 0 Å². The quantitative estimate of drug-likeness (QED) is 0.170. The van der Waals surface area contributed by atoms with Gasteiger partial charge in [-0.1, -0.05) is 133 Å². The van der Waals surface area contributed by atoms with E-state index in [9.17, 15) is 0 Å². The maximum absolute atomic E-state index is 2.50. The lowest BCUT2D eigenvalue weighted by molar-refractivity contribution is 1.17. The molecule has 0 N–H and O–H groups in total. The van der Waals surface area contributed by atoms with Gasteiger partial charge in [-0.2, -0.15) is 0 Å². The van der Waals surface area contributed by atoms with Crippen LogP contribution in [0.3, 0.4) is 0 Å². The summed E-state index contributed by atoms with van der Waals surface area (Å²) in [6.07, 6.45) is 0. The molecule has 0 atom stereocenters. The van der Waals surface area contributed by atoms with Crippen LogP contribution in [-0.4, -0.2) is 13.7 Å². The first-order valence-electron chi connectivity index (χ1n) is 20.3. The molecule has 3 heteroatoms. The monoisotopic (exact) mass is 749 g/mol. The molecule has 3 aromatic heterocycles. The number of hydrogen-bond acceptors (Lipinski definition) is 0. The number of para-hydroxylation sites is 3. The Morgan fingerprint density at radius 1 is 0.220 bits per heavy atom. The van der Waals surface area contributed by atoms with E-state index in [1.807, 2.05) is 0 Å². The number of benzene rings is 10. The highest BCUT2D eigenvalue weighted by Gasteiger charge is 2.21. The van der Waals surface area contributed by atoms with Crippen LogP contribution in [0, 0.1) is 0 Å². The van der Waals surface area contributed by atoms with Gasteiger partial charge in [-0.15, -0.1) is 0 Å². The summed E-state index contributed by atoms with van der Waals surface area (Å²) in [5.41, 5.74) is 13.1. The third-order valence-corrected chi connectivity index (χ3v) is 12.6. The number of nitrogens with zero attached hydrogens (tertiary/aromatic N) is 3. The van der Waals surface area contributed by atoms with Gasteiger partial charge in [0.25, 0.3) is 0 Å². The highest BCUT2D eigenvalue weighted by atomic mass is 15.0. The van der Waals surface area contributed by atoms with Crippen LogP contribution in [0.1, 0.15) is 0 Å². The van der Waals surface area contributed by atoms with E-state index in [-0.39, 0.29) is 0 Å². The van der Waals surface area contributed by atoms with E-state index < -0.39 is 0 Å². The van der Waals surface area contributed by atoms with Crippen LogP contribution in [0.2, 0.25) is 0 Å². The van der Waals surface area contributed by atoms with Crippen LogP contribution < -0.4 is 0 Å². The van der Waals surface area contributed by atoms with E-state index in [2.05, 4.69) is 226 Å². The van der Waals surface area contributed by atoms with E-state index >= 15 is 0 Å². The zero-order valence-corrected chi connectivity index (χ0v) is 32.0. The Labute approximate surface area is 339 Å². The molecule has 0 aliphatic heterocycles. The van der Waals surface area contributed by atoms with Gasteiger partial charge < -0.3 is 13.7 Å². The summed E-state index contributed by atoms with van der Waals surface area (Å²) in [7, 11) is 0. The average Bonchev–Trinajstić information content (AvgIpc) is 3.92. The molecule has 0 fully saturated rings. The van der Waals surface area contributed by atoms with Gasteiger partial charge in [0, 0.05) is 49.1 Å². The summed E-state index contributed by atoms with van der Waals surface area (Å²) in [5, 5.41) is 12.4. The van der Waals surface area contributed by atoms with Crippen molar-refractivity contribution in [1.82, 2.24) is 13.7 Å². The van der Waals surface area contributed by atoms with E-state index in [1.54, 1.807) is 0 Å². The van der Waals surface area contributed by atoms with E-state index in [1.165, 1.54) is 109 Å². The standard InChI is InChI=1S/C56H35N3/c1-2-17-41(18-3-1)57-51-22-10-8-20-44(51)46-32-39(26-29-53(46)57)40-27-30-54-47(33-40)49-34-48-45-21-9-11-23-52(45)58(42-28-25-36-13-4-5-15-38(36)31-42)55(48)35-56(49)59(54)50-24-12-16-37-14-6-7-19-43(37)50/h1-35H. The largest absolute Gasteiger partial charge is 0.309 e. The molecule has 13 aromatic rings. The van der Waals surface area contributed by atoms with Crippen molar-refractivity contribution in [3.05, 3.63) is 212 Å². The van der Waals surface area contributed by atoms with Gasteiger partial charge in [0.15, 0.2) is 0 Å². The van der Waals surface area contributed by atoms with Crippen molar-refractivity contribution in [3.63, 3.8) is 0 Å². The van der Waals surface area contributed by atoms with Crippen molar-refractivity contribution < 1.29 is 0 Å². The summed E-state index contributed by atoms with van der Waals surface area (Å²) < 4.78 is 7.33. The first-order valence-corrected chi connectivity index (χ1v) is 20.3. The fraction of sp³-hybridized carbons (Fsp3) is 0. The van der Waals surface area contributed by atoms with Gasteiger partial charge in [0.1, 0.15) is 0 Å². The van der Waals surface area contributed by atoms with Gasteiger partial charge in [0.05, 0.1) is 38.8 Å². The molecular weight excluding hydrogens is 715 g/mol. The highest BCUT2D eigenvalue weighted by Crippen LogP contribution is 2.43. The molecule has 0 aliphatic carbocycles. The zero-order valence-electron chi connectivity index (χ0n) is 32.0. The predicted molar refractivity (Wildman–Crippen MR) is 250 cm³/mol. The first-order chi connectivity index (χ1) is 29.3. The molecule has 0 amide bonds. The Hall–Kier alpha value is -7.88. The van der Waals surface area contributed by atoms with Crippen molar-refractivity contribution in [3.8, 4) is 28.2 Å². The van der Waals surface area contributed by atoms with Crippen molar-refractivity contribution in [2.75, 3.05) is 0 Å². The van der Waals surface area contributed by atoms with Crippen LogP contribution in [0.15, 0.2) is 212 Å². The van der Waals surface area contributed by atoms with Crippen molar-refractivity contribution in [2.24, 2.45) is 0 Å². The Kier molecular flexibility index (Phi) is 6.72. The average molecular weight is 750 g/mol. The Morgan fingerprint density at radius 2 is 0.729 bits per heavy atom. The third-order valence-electron chi connectivity index (χ3n) is 12.6. The van der Waals surface area contributed by atoms with Gasteiger partial charge >= 0.3 is 0 Å². The molecule has 3 heterocycles. The van der Waals surface area contributed by atoms with Crippen molar-refractivity contribution >= 4 is 87.0 Å². The van der Waals surface area contributed by atoms with Crippen LogP contribution in [0.25, 0.3) is 115 Å². The summed E-state index contributed by atoms with van der Waals surface area (Å²) in [5.74, 6) is 0. The SMILES string of the molecule is c1ccc(-n2c3ccccc3c3cc(-c4ccc5c(c4)c4cc6c7ccccc7n(-c7ccc8ccccc8c7)c6cc4n5-c4cccc5ccccc45)ccc32)cc1. The summed E-state index contributed by atoms with van der Waals surface area (Å²) in [6, 6.07) is 78.1. The fourth-order valence-corrected chi connectivity index (χ4v) is 9.93. The normalized spacial score (nSPS) is 12.1. The van der Waals surface area contributed by atoms with Crippen LogP contribution in [0.4, 0.5) is 0 Å².